The summed E-state index contributed by atoms with van der Waals surface area (Å²) in [6.07, 6.45) is 0. The molecule has 2 aromatic rings. The highest BCUT2D eigenvalue weighted by Gasteiger charge is 2.11. The summed E-state index contributed by atoms with van der Waals surface area (Å²) in [5.41, 5.74) is 5.10. The van der Waals surface area contributed by atoms with Crippen LogP contribution in [-0.2, 0) is 0 Å². The average molecular weight is 185 g/mol. The van der Waals surface area contributed by atoms with Crippen LogP contribution in [0.5, 0.6) is 0 Å². The van der Waals surface area contributed by atoms with E-state index in [2.05, 4.69) is 0 Å². The van der Waals surface area contributed by atoms with E-state index < -0.39 is 11.6 Å². The van der Waals surface area contributed by atoms with Crippen LogP contribution < -0.4 is 5.73 Å². The van der Waals surface area contributed by atoms with Gasteiger partial charge in [-0.05, 0) is 22.9 Å². The Morgan fingerprint density at radius 2 is 2.00 bits per heavy atom. The van der Waals surface area contributed by atoms with Crippen LogP contribution >= 0.6 is 11.3 Å². The van der Waals surface area contributed by atoms with Crippen LogP contribution in [0.25, 0.3) is 10.1 Å². The standard InChI is InChI=1S/C8H5F2NS/c9-6-5(11)3-4-1-2-12-8(4)7(6)10/h1-3H,11H2. The SMILES string of the molecule is Nc1cc2ccsc2c(F)c1F. The topological polar surface area (TPSA) is 26.0 Å². The van der Waals surface area contributed by atoms with Gasteiger partial charge in [0.15, 0.2) is 11.6 Å². The van der Waals surface area contributed by atoms with Crippen LogP contribution in [0.3, 0.4) is 0 Å². The van der Waals surface area contributed by atoms with Crippen molar-refractivity contribution in [3.05, 3.63) is 29.1 Å². The van der Waals surface area contributed by atoms with E-state index in [4.69, 9.17) is 5.73 Å². The molecular weight excluding hydrogens is 180 g/mol. The Bertz CT molecular complexity index is 436. The van der Waals surface area contributed by atoms with Gasteiger partial charge in [0.05, 0.1) is 10.4 Å². The summed E-state index contributed by atoms with van der Waals surface area (Å²) >= 11 is 1.17. The lowest BCUT2D eigenvalue weighted by Gasteiger charge is -1.98. The molecule has 12 heavy (non-hydrogen) atoms. The average Bonchev–Trinajstić information content (AvgIpc) is 2.48. The third-order valence-electron chi connectivity index (χ3n) is 1.65. The summed E-state index contributed by atoms with van der Waals surface area (Å²) in [6, 6.07) is 3.14. The largest absolute Gasteiger partial charge is 0.396 e. The minimum absolute atomic E-state index is 0.140. The maximum absolute atomic E-state index is 13.0. The molecule has 0 aliphatic carbocycles. The third-order valence-corrected chi connectivity index (χ3v) is 2.57. The van der Waals surface area contributed by atoms with Crippen molar-refractivity contribution in [3.8, 4) is 0 Å². The Kier molecular flexibility index (Phi) is 1.51. The molecule has 2 N–H and O–H groups in total. The molecule has 0 bridgehead atoms. The predicted molar refractivity (Wildman–Crippen MR) is 46.2 cm³/mol. The van der Waals surface area contributed by atoms with Gasteiger partial charge < -0.3 is 5.73 Å². The molecule has 1 heterocycles. The minimum Gasteiger partial charge on any atom is -0.396 e. The molecule has 1 nitrogen and oxygen atoms in total. The lowest BCUT2D eigenvalue weighted by Crippen LogP contribution is -1.93. The molecule has 0 spiro atoms. The van der Waals surface area contributed by atoms with E-state index in [-0.39, 0.29) is 5.69 Å². The van der Waals surface area contributed by atoms with E-state index >= 15 is 0 Å². The second-order valence-corrected chi connectivity index (χ2v) is 3.35. The van der Waals surface area contributed by atoms with Crippen LogP contribution in [0.15, 0.2) is 17.5 Å². The number of benzene rings is 1. The summed E-state index contributed by atoms with van der Waals surface area (Å²) in [5, 5.41) is 2.35. The van der Waals surface area contributed by atoms with E-state index in [9.17, 15) is 8.78 Å². The van der Waals surface area contributed by atoms with E-state index in [0.717, 1.165) is 0 Å². The fourth-order valence-electron chi connectivity index (χ4n) is 1.07. The number of anilines is 1. The van der Waals surface area contributed by atoms with Gasteiger partial charge in [0.25, 0.3) is 0 Å². The maximum Gasteiger partial charge on any atom is 0.183 e. The Morgan fingerprint density at radius 1 is 1.25 bits per heavy atom. The van der Waals surface area contributed by atoms with Crippen molar-refractivity contribution in [1.82, 2.24) is 0 Å². The summed E-state index contributed by atoms with van der Waals surface area (Å²) < 4.78 is 26.2. The van der Waals surface area contributed by atoms with Crippen molar-refractivity contribution in [1.29, 1.82) is 0 Å². The molecule has 4 heteroatoms. The zero-order valence-corrected chi connectivity index (χ0v) is 6.79. The fraction of sp³-hybridized carbons (Fsp3) is 0. The van der Waals surface area contributed by atoms with E-state index in [1.54, 1.807) is 11.4 Å². The van der Waals surface area contributed by atoms with Gasteiger partial charge in [-0.15, -0.1) is 11.3 Å². The molecule has 0 amide bonds. The van der Waals surface area contributed by atoms with E-state index in [0.29, 0.717) is 10.1 Å². The zero-order valence-electron chi connectivity index (χ0n) is 5.97. The maximum atomic E-state index is 13.0. The van der Waals surface area contributed by atoms with Gasteiger partial charge in [0.2, 0.25) is 0 Å². The highest BCUT2D eigenvalue weighted by atomic mass is 32.1. The smallest absolute Gasteiger partial charge is 0.183 e. The predicted octanol–water partition coefficient (Wildman–Crippen LogP) is 2.76. The molecule has 1 aromatic heterocycles. The minimum atomic E-state index is -0.954. The molecule has 0 aliphatic rings. The number of fused-ring (bicyclic) bond motifs is 1. The zero-order chi connectivity index (χ0) is 8.72. The number of thiophene rings is 1. The molecule has 1 aromatic carbocycles. The van der Waals surface area contributed by atoms with Crippen LogP contribution in [-0.4, -0.2) is 0 Å². The number of nitrogen functional groups attached to an aromatic ring is 1. The van der Waals surface area contributed by atoms with Gasteiger partial charge in [-0.2, -0.15) is 0 Å². The molecule has 62 valence electrons. The first-order valence-electron chi connectivity index (χ1n) is 3.31. The molecule has 0 aliphatic heterocycles. The van der Waals surface area contributed by atoms with Crippen molar-refractivity contribution in [2.75, 3.05) is 5.73 Å². The lowest BCUT2D eigenvalue weighted by atomic mass is 10.2. The van der Waals surface area contributed by atoms with Gasteiger partial charge >= 0.3 is 0 Å². The first-order valence-corrected chi connectivity index (χ1v) is 4.19. The Labute approximate surface area is 71.4 Å². The second kappa shape index (κ2) is 2.42. The molecule has 2 rings (SSSR count). The van der Waals surface area contributed by atoms with Crippen molar-refractivity contribution < 1.29 is 8.78 Å². The Morgan fingerprint density at radius 3 is 2.75 bits per heavy atom. The third kappa shape index (κ3) is 0.881. The van der Waals surface area contributed by atoms with Gasteiger partial charge in [0.1, 0.15) is 0 Å². The monoisotopic (exact) mass is 185 g/mol. The summed E-state index contributed by atoms with van der Waals surface area (Å²) in [7, 11) is 0. The van der Waals surface area contributed by atoms with Gasteiger partial charge in [0, 0.05) is 0 Å². The fourth-order valence-corrected chi connectivity index (χ4v) is 1.88. The summed E-state index contributed by atoms with van der Waals surface area (Å²) in [5.74, 6) is -1.80. The van der Waals surface area contributed by atoms with E-state index in [1.807, 2.05) is 0 Å². The first kappa shape index (κ1) is 7.49. The summed E-state index contributed by atoms with van der Waals surface area (Å²) in [4.78, 5) is 0. The number of halogens is 2. The van der Waals surface area contributed by atoms with Gasteiger partial charge in [-0.25, -0.2) is 8.78 Å². The number of hydrogen-bond donors (Lipinski definition) is 1. The Hall–Kier alpha value is -1.16. The molecule has 0 radical (unpaired) electrons. The van der Waals surface area contributed by atoms with Gasteiger partial charge in [-0.3, -0.25) is 0 Å². The molecule has 0 atom stereocenters. The highest BCUT2D eigenvalue weighted by molar-refractivity contribution is 7.17. The molecule has 0 unspecified atom stereocenters. The van der Waals surface area contributed by atoms with Crippen LogP contribution in [0.1, 0.15) is 0 Å². The van der Waals surface area contributed by atoms with Crippen LogP contribution in [0.4, 0.5) is 14.5 Å². The normalized spacial score (nSPS) is 10.8. The van der Waals surface area contributed by atoms with Crippen molar-refractivity contribution in [2.45, 2.75) is 0 Å². The van der Waals surface area contributed by atoms with E-state index in [1.165, 1.54) is 17.4 Å². The van der Waals surface area contributed by atoms with Crippen molar-refractivity contribution in [3.63, 3.8) is 0 Å². The second-order valence-electron chi connectivity index (χ2n) is 2.43. The molecular formula is C8H5F2NS. The quantitative estimate of drug-likeness (QED) is 0.627. The lowest BCUT2D eigenvalue weighted by molar-refractivity contribution is 0.521. The van der Waals surface area contributed by atoms with Crippen LogP contribution in [0, 0.1) is 11.6 Å². The molecule has 0 fully saturated rings. The van der Waals surface area contributed by atoms with Crippen molar-refractivity contribution >= 4 is 27.1 Å². The van der Waals surface area contributed by atoms with Gasteiger partial charge in [-0.1, -0.05) is 0 Å². The number of rotatable bonds is 0. The number of nitrogens with two attached hydrogens (primary N) is 1. The summed E-state index contributed by atoms with van der Waals surface area (Å²) in [6.45, 7) is 0. The van der Waals surface area contributed by atoms with Crippen LogP contribution in [0.2, 0.25) is 0 Å². The Balaban J connectivity index is 2.94. The first-order chi connectivity index (χ1) is 5.70. The highest BCUT2D eigenvalue weighted by Crippen LogP contribution is 2.28. The molecule has 0 saturated carbocycles. The number of hydrogen-bond acceptors (Lipinski definition) is 2. The molecule has 0 saturated heterocycles. The van der Waals surface area contributed by atoms with Crippen molar-refractivity contribution in [2.24, 2.45) is 0 Å².